The Morgan fingerprint density at radius 2 is 1.82 bits per heavy atom. The molecular formula is C10H7F5O2. The molecule has 17 heavy (non-hydrogen) atoms. The van der Waals surface area contributed by atoms with Crippen LogP contribution in [0.5, 0.6) is 5.75 Å². The van der Waals surface area contributed by atoms with Crippen molar-refractivity contribution in [2.45, 2.75) is 20.0 Å². The lowest BCUT2D eigenvalue weighted by Gasteiger charge is -2.11. The minimum Gasteiger partial charge on any atom is -0.434 e. The third kappa shape index (κ3) is 3.15. The van der Waals surface area contributed by atoms with Gasteiger partial charge in [-0.2, -0.15) is 8.78 Å². The summed E-state index contributed by atoms with van der Waals surface area (Å²) in [6.07, 6.45) is -3.05. The van der Waals surface area contributed by atoms with E-state index in [1.54, 1.807) is 0 Å². The summed E-state index contributed by atoms with van der Waals surface area (Å²) in [5, 5.41) is 0. The van der Waals surface area contributed by atoms with E-state index in [9.17, 15) is 26.7 Å². The number of ketones is 1. The second kappa shape index (κ2) is 5.11. The van der Waals surface area contributed by atoms with E-state index < -0.39 is 41.5 Å². The summed E-state index contributed by atoms with van der Waals surface area (Å²) in [5.41, 5.74) is -1.60. The predicted octanol–water partition coefficient (Wildman–Crippen LogP) is 3.57. The van der Waals surface area contributed by atoms with Crippen molar-refractivity contribution in [2.24, 2.45) is 0 Å². The Morgan fingerprint density at radius 3 is 2.24 bits per heavy atom. The third-order valence-electron chi connectivity index (χ3n) is 1.90. The second-order valence-electron chi connectivity index (χ2n) is 3.11. The summed E-state index contributed by atoms with van der Waals surface area (Å²) in [4.78, 5) is 11.0. The molecule has 0 bridgehead atoms. The molecule has 0 aliphatic carbocycles. The quantitative estimate of drug-likeness (QED) is 0.606. The van der Waals surface area contributed by atoms with Crippen LogP contribution in [0.2, 0.25) is 0 Å². The van der Waals surface area contributed by atoms with Gasteiger partial charge in [0.2, 0.25) is 0 Å². The molecule has 0 N–H and O–H groups in total. The Morgan fingerprint density at radius 1 is 1.24 bits per heavy atom. The molecular weight excluding hydrogens is 247 g/mol. The first-order valence-corrected chi connectivity index (χ1v) is 4.40. The molecule has 0 aliphatic rings. The van der Waals surface area contributed by atoms with Crippen molar-refractivity contribution in [3.8, 4) is 5.75 Å². The van der Waals surface area contributed by atoms with Gasteiger partial charge in [-0.1, -0.05) is 0 Å². The van der Waals surface area contributed by atoms with Crippen LogP contribution in [0.15, 0.2) is 12.1 Å². The van der Waals surface area contributed by atoms with E-state index in [1.165, 1.54) is 0 Å². The molecule has 0 atom stereocenters. The maximum absolute atomic E-state index is 13.3. The summed E-state index contributed by atoms with van der Waals surface area (Å²) < 4.78 is 65.7. The van der Waals surface area contributed by atoms with E-state index in [0.717, 1.165) is 6.92 Å². The Kier molecular flexibility index (Phi) is 4.03. The topological polar surface area (TPSA) is 26.3 Å². The van der Waals surface area contributed by atoms with Gasteiger partial charge in [-0.15, -0.1) is 0 Å². The lowest BCUT2D eigenvalue weighted by Crippen LogP contribution is -2.09. The number of hydrogen-bond acceptors (Lipinski definition) is 2. The molecule has 94 valence electrons. The Labute approximate surface area is 93.0 Å². The van der Waals surface area contributed by atoms with Crippen LogP contribution in [0.4, 0.5) is 22.0 Å². The van der Waals surface area contributed by atoms with Crippen LogP contribution < -0.4 is 4.74 Å². The number of alkyl halides is 4. The van der Waals surface area contributed by atoms with Crippen LogP contribution in [-0.2, 0) is 0 Å². The van der Waals surface area contributed by atoms with E-state index in [1.807, 2.05) is 0 Å². The fourth-order valence-electron chi connectivity index (χ4n) is 1.26. The van der Waals surface area contributed by atoms with E-state index in [2.05, 4.69) is 4.74 Å². The van der Waals surface area contributed by atoms with Crippen molar-refractivity contribution in [3.63, 3.8) is 0 Å². The molecule has 0 amide bonds. The van der Waals surface area contributed by atoms with Crippen LogP contribution in [0.1, 0.15) is 29.3 Å². The highest BCUT2D eigenvalue weighted by Gasteiger charge is 2.21. The first-order chi connectivity index (χ1) is 7.82. The van der Waals surface area contributed by atoms with Crippen molar-refractivity contribution >= 4 is 5.78 Å². The molecule has 7 heteroatoms. The smallest absolute Gasteiger partial charge is 0.387 e. The number of hydrogen-bond donors (Lipinski definition) is 0. The van der Waals surface area contributed by atoms with E-state index in [4.69, 9.17) is 0 Å². The summed E-state index contributed by atoms with van der Waals surface area (Å²) in [6, 6.07) is 0.941. The highest BCUT2D eigenvalue weighted by atomic mass is 19.3. The van der Waals surface area contributed by atoms with E-state index in [-0.39, 0.29) is 0 Å². The summed E-state index contributed by atoms with van der Waals surface area (Å²) in [6.45, 7) is -2.42. The van der Waals surface area contributed by atoms with E-state index in [0.29, 0.717) is 12.1 Å². The zero-order chi connectivity index (χ0) is 13.2. The molecule has 1 rings (SSSR count). The zero-order valence-corrected chi connectivity index (χ0v) is 8.52. The summed E-state index contributed by atoms with van der Waals surface area (Å²) >= 11 is 0. The van der Waals surface area contributed by atoms with Crippen LogP contribution in [0.25, 0.3) is 0 Å². The van der Waals surface area contributed by atoms with Gasteiger partial charge in [-0.3, -0.25) is 4.79 Å². The molecule has 0 aliphatic heterocycles. The lowest BCUT2D eigenvalue weighted by atomic mass is 10.1. The average molecular weight is 254 g/mol. The van der Waals surface area contributed by atoms with Gasteiger partial charge in [-0.05, 0) is 19.1 Å². The summed E-state index contributed by atoms with van der Waals surface area (Å²) in [5.74, 6) is -3.09. The molecule has 2 nitrogen and oxygen atoms in total. The lowest BCUT2D eigenvalue weighted by molar-refractivity contribution is -0.0505. The summed E-state index contributed by atoms with van der Waals surface area (Å²) in [7, 11) is 0. The van der Waals surface area contributed by atoms with Gasteiger partial charge in [0, 0.05) is 5.56 Å². The fourth-order valence-corrected chi connectivity index (χ4v) is 1.26. The van der Waals surface area contributed by atoms with Gasteiger partial charge in [0.15, 0.2) is 5.78 Å². The molecule has 0 aromatic heterocycles. The van der Waals surface area contributed by atoms with Gasteiger partial charge in [0.05, 0.1) is 5.56 Å². The molecule has 0 spiro atoms. The molecule has 0 saturated heterocycles. The number of halogens is 5. The second-order valence-corrected chi connectivity index (χ2v) is 3.11. The number of ether oxygens (including phenoxy) is 1. The third-order valence-corrected chi connectivity index (χ3v) is 1.90. The predicted molar refractivity (Wildman–Crippen MR) is 48.0 cm³/mol. The maximum Gasteiger partial charge on any atom is 0.387 e. The van der Waals surface area contributed by atoms with E-state index >= 15 is 0 Å². The van der Waals surface area contributed by atoms with Gasteiger partial charge in [0.25, 0.3) is 6.43 Å². The number of Topliss-reactive ketones (excluding diaryl/α,β-unsaturated/α-hetero) is 1. The number of carbonyl (C=O) groups is 1. The first kappa shape index (κ1) is 13.4. The normalized spacial score (nSPS) is 11.1. The molecule has 1 aromatic carbocycles. The monoisotopic (exact) mass is 254 g/mol. The van der Waals surface area contributed by atoms with Crippen molar-refractivity contribution in [3.05, 3.63) is 29.1 Å². The standard InChI is InChI=1S/C10H7F5O2/c1-4(16)8-6(11)2-5(9(12)13)3-7(8)17-10(14)15/h2-3,9-10H,1H3. The molecule has 1 aromatic rings. The van der Waals surface area contributed by atoms with Crippen molar-refractivity contribution < 1.29 is 31.5 Å². The van der Waals surface area contributed by atoms with Gasteiger partial charge < -0.3 is 4.74 Å². The van der Waals surface area contributed by atoms with Crippen molar-refractivity contribution in [1.29, 1.82) is 0 Å². The number of rotatable bonds is 4. The van der Waals surface area contributed by atoms with Crippen LogP contribution >= 0.6 is 0 Å². The zero-order valence-electron chi connectivity index (χ0n) is 8.52. The van der Waals surface area contributed by atoms with Gasteiger partial charge in [0.1, 0.15) is 11.6 Å². The van der Waals surface area contributed by atoms with Crippen LogP contribution in [0, 0.1) is 5.82 Å². The number of benzene rings is 1. The van der Waals surface area contributed by atoms with Crippen LogP contribution in [0.3, 0.4) is 0 Å². The molecule has 0 saturated carbocycles. The molecule has 0 heterocycles. The first-order valence-electron chi connectivity index (χ1n) is 4.40. The SMILES string of the molecule is CC(=O)c1c(F)cc(C(F)F)cc1OC(F)F. The number of carbonyl (C=O) groups excluding carboxylic acids is 1. The maximum atomic E-state index is 13.3. The Bertz CT molecular complexity index is 431. The Hall–Kier alpha value is -1.66. The highest BCUT2D eigenvalue weighted by Crippen LogP contribution is 2.30. The molecule has 0 radical (unpaired) electrons. The van der Waals surface area contributed by atoms with Gasteiger partial charge in [-0.25, -0.2) is 13.2 Å². The van der Waals surface area contributed by atoms with Crippen molar-refractivity contribution in [1.82, 2.24) is 0 Å². The van der Waals surface area contributed by atoms with Crippen molar-refractivity contribution in [2.75, 3.05) is 0 Å². The minimum absolute atomic E-state index is 0.416. The Balaban J connectivity index is 3.34. The minimum atomic E-state index is -3.33. The largest absolute Gasteiger partial charge is 0.434 e. The molecule has 0 unspecified atom stereocenters. The highest BCUT2D eigenvalue weighted by molar-refractivity contribution is 5.97. The van der Waals surface area contributed by atoms with Crippen LogP contribution in [-0.4, -0.2) is 12.4 Å². The average Bonchev–Trinajstić information content (AvgIpc) is 2.14. The molecule has 0 fully saturated rings. The fraction of sp³-hybridized carbons (Fsp3) is 0.300. The van der Waals surface area contributed by atoms with Gasteiger partial charge >= 0.3 is 6.61 Å².